The van der Waals surface area contributed by atoms with Crippen LogP contribution in [0.25, 0.3) is 10.1 Å². The molecule has 0 saturated heterocycles. The summed E-state index contributed by atoms with van der Waals surface area (Å²) in [6.45, 7) is 1.89. The molecule has 1 aromatic heterocycles. The van der Waals surface area contributed by atoms with Crippen molar-refractivity contribution in [2.75, 3.05) is 13.7 Å². The minimum atomic E-state index is -0.511. The number of carbonyl (C=O) groups excluding carboxylic acids is 1. The molecule has 0 spiro atoms. The molecule has 138 valence electrons. The standard InChI is InChI=1S/C20H16FNO4S/c1-3-25-20(23)19-13(18-14(21)5-4-6-17(18)27-19)11-26-15-8-7-12(10-22)9-16(15)24-2/h4-9H,3,11H2,1-2H3. The highest BCUT2D eigenvalue weighted by Crippen LogP contribution is 2.36. The van der Waals surface area contributed by atoms with E-state index < -0.39 is 11.8 Å². The zero-order valence-electron chi connectivity index (χ0n) is 14.7. The van der Waals surface area contributed by atoms with E-state index >= 15 is 0 Å². The number of nitriles is 1. The van der Waals surface area contributed by atoms with Gasteiger partial charge < -0.3 is 14.2 Å². The van der Waals surface area contributed by atoms with Crippen LogP contribution in [0.5, 0.6) is 11.5 Å². The van der Waals surface area contributed by atoms with Crippen LogP contribution in [0.4, 0.5) is 4.39 Å². The van der Waals surface area contributed by atoms with Crippen molar-refractivity contribution < 1.29 is 23.4 Å². The molecule has 2 aromatic carbocycles. The average Bonchev–Trinajstić information content (AvgIpc) is 3.06. The van der Waals surface area contributed by atoms with Crippen LogP contribution in [0.15, 0.2) is 36.4 Å². The maximum Gasteiger partial charge on any atom is 0.348 e. The number of methoxy groups -OCH3 is 1. The molecule has 0 aliphatic carbocycles. The fourth-order valence-corrected chi connectivity index (χ4v) is 3.79. The number of thiophene rings is 1. The Labute approximate surface area is 159 Å². The SMILES string of the molecule is CCOC(=O)c1sc2cccc(F)c2c1COc1ccc(C#N)cc1OC. The van der Waals surface area contributed by atoms with Crippen LogP contribution in [-0.4, -0.2) is 19.7 Å². The highest BCUT2D eigenvalue weighted by atomic mass is 32.1. The van der Waals surface area contributed by atoms with E-state index in [2.05, 4.69) is 0 Å². The lowest BCUT2D eigenvalue weighted by molar-refractivity contribution is 0.0529. The zero-order valence-corrected chi connectivity index (χ0v) is 15.6. The van der Waals surface area contributed by atoms with E-state index in [1.165, 1.54) is 24.5 Å². The molecular formula is C20H16FNO4S. The fraction of sp³-hybridized carbons (Fsp3) is 0.200. The number of nitrogens with zero attached hydrogens (tertiary/aromatic N) is 1. The van der Waals surface area contributed by atoms with Crippen molar-refractivity contribution >= 4 is 27.4 Å². The van der Waals surface area contributed by atoms with E-state index in [-0.39, 0.29) is 13.2 Å². The van der Waals surface area contributed by atoms with Crippen molar-refractivity contribution in [1.82, 2.24) is 0 Å². The van der Waals surface area contributed by atoms with E-state index in [9.17, 15) is 9.18 Å². The van der Waals surface area contributed by atoms with Gasteiger partial charge in [0.15, 0.2) is 11.5 Å². The number of hydrogen-bond donors (Lipinski definition) is 0. The summed E-state index contributed by atoms with van der Waals surface area (Å²) >= 11 is 1.17. The average molecular weight is 385 g/mol. The van der Waals surface area contributed by atoms with Crippen molar-refractivity contribution in [2.45, 2.75) is 13.5 Å². The molecule has 0 aliphatic heterocycles. The van der Waals surface area contributed by atoms with Gasteiger partial charge in [0.1, 0.15) is 17.3 Å². The molecule has 1 heterocycles. The monoisotopic (exact) mass is 385 g/mol. The Kier molecular flexibility index (Phi) is 5.57. The molecule has 3 aromatic rings. The molecule has 0 unspecified atom stereocenters. The molecule has 0 N–H and O–H groups in total. The second kappa shape index (κ2) is 8.06. The summed E-state index contributed by atoms with van der Waals surface area (Å²) in [4.78, 5) is 12.6. The molecule has 0 fully saturated rings. The first kappa shape index (κ1) is 18.7. The number of esters is 1. The summed E-state index contributed by atoms with van der Waals surface area (Å²) in [5.41, 5.74) is 0.858. The molecule has 0 saturated carbocycles. The lowest BCUT2D eigenvalue weighted by atomic mass is 10.1. The number of ether oxygens (including phenoxy) is 3. The van der Waals surface area contributed by atoms with Crippen LogP contribution < -0.4 is 9.47 Å². The van der Waals surface area contributed by atoms with E-state index in [1.807, 2.05) is 6.07 Å². The Balaban J connectivity index is 2.00. The Bertz CT molecular complexity index is 1040. The van der Waals surface area contributed by atoms with Crippen LogP contribution >= 0.6 is 11.3 Å². The molecule has 5 nitrogen and oxygen atoms in total. The number of fused-ring (bicyclic) bond motifs is 1. The third kappa shape index (κ3) is 3.71. The first-order valence-electron chi connectivity index (χ1n) is 8.17. The topological polar surface area (TPSA) is 68.5 Å². The molecule has 0 atom stereocenters. The first-order valence-corrected chi connectivity index (χ1v) is 8.98. The largest absolute Gasteiger partial charge is 0.493 e. The molecular weight excluding hydrogens is 369 g/mol. The lowest BCUT2D eigenvalue weighted by Crippen LogP contribution is -2.07. The molecule has 27 heavy (non-hydrogen) atoms. The third-order valence-electron chi connectivity index (χ3n) is 3.89. The van der Waals surface area contributed by atoms with Crippen LogP contribution in [0.1, 0.15) is 27.7 Å². The molecule has 0 bridgehead atoms. The Morgan fingerprint density at radius 1 is 1.26 bits per heavy atom. The minimum absolute atomic E-state index is 0.0443. The highest BCUT2D eigenvalue weighted by Gasteiger charge is 2.22. The van der Waals surface area contributed by atoms with Gasteiger partial charge in [0.2, 0.25) is 0 Å². The van der Waals surface area contributed by atoms with E-state index in [1.54, 1.807) is 37.3 Å². The van der Waals surface area contributed by atoms with Gasteiger partial charge in [0.25, 0.3) is 0 Å². The van der Waals surface area contributed by atoms with Crippen molar-refractivity contribution in [3.63, 3.8) is 0 Å². The smallest absolute Gasteiger partial charge is 0.348 e. The molecule has 7 heteroatoms. The van der Waals surface area contributed by atoms with E-state index in [0.717, 1.165) is 0 Å². The van der Waals surface area contributed by atoms with Crippen LogP contribution in [-0.2, 0) is 11.3 Å². The summed E-state index contributed by atoms with van der Waals surface area (Å²) in [5, 5.41) is 9.33. The predicted molar refractivity (Wildman–Crippen MR) is 99.8 cm³/mol. The molecule has 0 radical (unpaired) electrons. The fourth-order valence-electron chi connectivity index (χ4n) is 2.67. The van der Waals surface area contributed by atoms with Gasteiger partial charge >= 0.3 is 5.97 Å². The van der Waals surface area contributed by atoms with Crippen molar-refractivity contribution in [2.24, 2.45) is 0 Å². The summed E-state index contributed by atoms with van der Waals surface area (Å²) < 4.78 is 31.2. The highest BCUT2D eigenvalue weighted by molar-refractivity contribution is 7.21. The van der Waals surface area contributed by atoms with Gasteiger partial charge in [-0.2, -0.15) is 5.26 Å². The number of benzene rings is 2. The van der Waals surface area contributed by atoms with Crippen molar-refractivity contribution in [3.8, 4) is 17.6 Å². The number of carbonyl (C=O) groups is 1. The third-order valence-corrected chi connectivity index (χ3v) is 5.07. The summed E-state index contributed by atoms with van der Waals surface area (Å²) in [6, 6.07) is 11.5. The summed E-state index contributed by atoms with van der Waals surface area (Å²) in [7, 11) is 1.47. The molecule has 0 amide bonds. The van der Waals surface area contributed by atoms with Crippen LogP contribution in [0.3, 0.4) is 0 Å². The quantitative estimate of drug-likeness (QED) is 0.577. The predicted octanol–water partition coefficient (Wildman–Crippen LogP) is 4.68. The van der Waals surface area contributed by atoms with Crippen molar-refractivity contribution in [1.29, 1.82) is 5.26 Å². The van der Waals surface area contributed by atoms with Gasteiger partial charge in [-0.05, 0) is 31.2 Å². The Morgan fingerprint density at radius 2 is 2.07 bits per heavy atom. The van der Waals surface area contributed by atoms with Crippen LogP contribution in [0.2, 0.25) is 0 Å². The van der Waals surface area contributed by atoms with Crippen molar-refractivity contribution in [3.05, 3.63) is 58.2 Å². The summed E-state index contributed by atoms with van der Waals surface area (Å²) in [5.74, 6) is -0.165. The van der Waals surface area contributed by atoms with Gasteiger partial charge in [-0.25, -0.2) is 9.18 Å². The second-order valence-electron chi connectivity index (χ2n) is 5.51. The summed E-state index contributed by atoms with van der Waals surface area (Å²) in [6.07, 6.45) is 0. The van der Waals surface area contributed by atoms with Gasteiger partial charge in [-0.15, -0.1) is 11.3 Å². The van der Waals surface area contributed by atoms with Crippen LogP contribution in [0, 0.1) is 17.1 Å². The number of hydrogen-bond acceptors (Lipinski definition) is 6. The minimum Gasteiger partial charge on any atom is -0.493 e. The zero-order chi connectivity index (χ0) is 19.4. The van der Waals surface area contributed by atoms with Gasteiger partial charge in [-0.1, -0.05) is 6.07 Å². The molecule has 3 rings (SSSR count). The second-order valence-corrected chi connectivity index (χ2v) is 6.56. The first-order chi connectivity index (χ1) is 13.1. The molecule has 0 aliphatic rings. The number of rotatable bonds is 6. The van der Waals surface area contributed by atoms with Gasteiger partial charge in [0.05, 0.1) is 25.3 Å². The van der Waals surface area contributed by atoms with E-state index in [0.29, 0.717) is 37.6 Å². The lowest BCUT2D eigenvalue weighted by Gasteiger charge is -2.12. The maximum absolute atomic E-state index is 14.4. The van der Waals surface area contributed by atoms with Gasteiger partial charge in [0, 0.05) is 21.7 Å². The maximum atomic E-state index is 14.4. The number of halogens is 1. The van der Waals surface area contributed by atoms with E-state index in [4.69, 9.17) is 19.5 Å². The van der Waals surface area contributed by atoms with Gasteiger partial charge in [-0.3, -0.25) is 0 Å². The Morgan fingerprint density at radius 3 is 2.78 bits per heavy atom. The normalized spacial score (nSPS) is 10.4. The Hall–Kier alpha value is -3.11.